The highest BCUT2D eigenvalue weighted by Crippen LogP contribution is 2.48. The quantitative estimate of drug-likeness (QED) is 0.0887. The van der Waals surface area contributed by atoms with Gasteiger partial charge in [0.2, 0.25) is 33.3 Å². The number of sulfonamides is 1. The number of hydrogen-bond acceptors (Lipinski definition) is 9. The summed E-state index contributed by atoms with van der Waals surface area (Å²) in [4.78, 5) is 52.6. The fraction of sp³-hybridized carbons (Fsp3) is 0.625. The second kappa shape index (κ2) is 16.6. The topological polar surface area (TPSA) is 182 Å². The molecule has 4 N–H and O–H groups in total. The van der Waals surface area contributed by atoms with E-state index in [1.165, 1.54) is 4.90 Å². The van der Waals surface area contributed by atoms with Crippen LogP contribution in [0.1, 0.15) is 91.8 Å². The Morgan fingerprint density at radius 2 is 1.84 bits per heavy atom. The van der Waals surface area contributed by atoms with Gasteiger partial charge in [0, 0.05) is 23.4 Å². The van der Waals surface area contributed by atoms with E-state index in [1.54, 1.807) is 32.9 Å². The monoisotopic (exact) mass is 838 g/mol. The Morgan fingerprint density at radius 1 is 1.16 bits per heavy atom. The molecule has 5 unspecified atom stereocenters. The van der Waals surface area contributed by atoms with Crippen LogP contribution >= 0.6 is 0 Å². The molecule has 1 aromatic carbocycles. The summed E-state index contributed by atoms with van der Waals surface area (Å²) in [7, 11) is -4.44. The molecule has 1 saturated heterocycles. The number of hydrogen-bond donors (Lipinski definition) is 3. The Morgan fingerprint density at radius 3 is 2.41 bits per heavy atom. The van der Waals surface area contributed by atoms with Gasteiger partial charge >= 0.3 is 6.18 Å². The molecular weight excluding hydrogens is 785 g/mol. The molecule has 2 heterocycles. The first-order valence-corrected chi connectivity index (χ1v) is 21.1. The highest BCUT2D eigenvalue weighted by molar-refractivity contribution is 7.91. The third-order valence-corrected chi connectivity index (χ3v) is 13.3. The van der Waals surface area contributed by atoms with Gasteiger partial charge in [-0.3, -0.25) is 19.1 Å². The van der Waals surface area contributed by atoms with Crippen LogP contribution in [0.4, 0.5) is 17.6 Å². The first kappa shape index (κ1) is 44.6. The third kappa shape index (κ3) is 9.05. The smallest absolute Gasteiger partial charge is 0.427 e. The zero-order chi connectivity index (χ0) is 43.0. The molecule has 0 radical (unpaired) electrons. The number of aromatic nitrogens is 1. The summed E-state index contributed by atoms with van der Waals surface area (Å²) in [6, 6.07) is 4.29. The van der Waals surface area contributed by atoms with Crippen LogP contribution in [0.15, 0.2) is 41.4 Å². The lowest BCUT2D eigenvalue weighted by molar-refractivity contribution is -0.239. The Balaban J connectivity index is 1.50. The molecule has 5 rings (SSSR count). The Labute approximate surface area is 336 Å². The average molecular weight is 839 g/mol. The maximum Gasteiger partial charge on any atom is 0.427 e. The third-order valence-electron chi connectivity index (χ3n) is 11.2. The standard InChI is InChI=1S/C40H54F4N6O7S/c1-8-11-24-13-14-29-25(17-24)18-27(10-3)46-33(29)56-28-19-30(50(21-28)34(52)31(23(4)5)47-36(45)57-37(6,7)40(42,43)44)32(51)48-39(20-26(39)12-9-2)35(53)49-58(54,55)38(22-41)15-16-38/h9,12-14,17-18,23,26,28,30-31H,8,10-11,15-16,19-22H2,1-7H3,(H2,45,47)(H,48,51)(H,49,53). The fourth-order valence-corrected chi connectivity index (χ4v) is 8.60. The molecule has 3 aliphatic rings. The van der Waals surface area contributed by atoms with Crippen LogP contribution in [0, 0.1) is 11.8 Å². The molecular formula is C40H54F4N6O7S. The highest BCUT2D eigenvalue weighted by atomic mass is 32.2. The van der Waals surface area contributed by atoms with Crippen molar-refractivity contribution < 1.29 is 49.8 Å². The van der Waals surface area contributed by atoms with Crippen molar-refractivity contribution in [2.24, 2.45) is 22.6 Å². The first-order chi connectivity index (χ1) is 27.1. The number of allylic oxidation sites excluding steroid dienone is 1. The zero-order valence-electron chi connectivity index (χ0n) is 33.9. The molecule has 1 aromatic heterocycles. The fourth-order valence-electron chi connectivity index (χ4n) is 7.17. The van der Waals surface area contributed by atoms with Gasteiger partial charge in [0.1, 0.15) is 35.1 Å². The van der Waals surface area contributed by atoms with Crippen molar-refractivity contribution in [3.8, 4) is 5.88 Å². The summed E-state index contributed by atoms with van der Waals surface area (Å²) in [6.45, 7) is 9.07. The van der Waals surface area contributed by atoms with Crippen LogP contribution in [-0.2, 0) is 42.0 Å². The number of halogens is 4. The maximum atomic E-state index is 14.5. The van der Waals surface area contributed by atoms with Gasteiger partial charge in [0.25, 0.3) is 11.9 Å². The van der Waals surface area contributed by atoms with Gasteiger partial charge in [-0.25, -0.2) is 22.8 Å². The second-order valence-electron chi connectivity index (χ2n) is 16.4. The van der Waals surface area contributed by atoms with E-state index in [4.69, 9.17) is 20.2 Å². The van der Waals surface area contributed by atoms with Gasteiger partial charge in [-0.2, -0.15) is 13.2 Å². The summed E-state index contributed by atoms with van der Waals surface area (Å²) in [6.07, 6.45) is 0.00963. The number of nitrogens with one attached hydrogen (secondary N) is 2. The van der Waals surface area contributed by atoms with E-state index in [-0.39, 0.29) is 38.1 Å². The molecule has 2 aromatic rings. The van der Waals surface area contributed by atoms with Gasteiger partial charge in [-0.1, -0.05) is 58.4 Å². The number of aliphatic imine (C=N–C) groups is 1. The highest BCUT2D eigenvalue weighted by Gasteiger charge is 2.64. The lowest BCUT2D eigenvalue weighted by atomic mass is 10.0. The lowest BCUT2D eigenvalue weighted by Gasteiger charge is -2.31. The number of likely N-dealkylation sites (tertiary alicyclic amines) is 1. The number of carbonyl (C=O) groups is 3. The number of nitrogens with zero attached hydrogens (tertiary/aromatic N) is 3. The van der Waals surface area contributed by atoms with E-state index >= 15 is 0 Å². The Hall–Kier alpha value is -4.48. The van der Waals surface area contributed by atoms with Crippen molar-refractivity contribution in [1.82, 2.24) is 19.9 Å². The number of rotatable bonds is 16. The number of nitrogens with two attached hydrogens (primary N) is 1. The number of amidine groups is 1. The van der Waals surface area contributed by atoms with Crippen molar-refractivity contribution in [1.29, 1.82) is 0 Å². The largest absolute Gasteiger partial charge is 0.472 e. The van der Waals surface area contributed by atoms with Gasteiger partial charge in [0.05, 0.1) is 6.54 Å². The zero-order valence-corrected chi connectivity index (χ0v) is 34.7. The molecule has 0 bridgehead atoms. The SMILES string of the molecule is CC=CC1CC1(NC(=O)C1CC(Oc2nc(CC)cc3cc(CCC)ccc23)CN1C(=O)C(N=C(N)OC(C)(C)C(F)(F)F)C(C)C)C(=O)NS(=O)(=O)C1(CF)CC1. The van der Waals surface area contributed by atoms with Crippen LogP contribution in [0.2, 0.25) is 0 Å². The summed E-state index contributed by atoms with van der Waals surface area (Å²) in [5.41, 5.74) is 3.25. The van der Waals surface area contributed by atoms with E-state index in [9.17, 15) is 40.4 Å². The van der Waals surface area contributed by atoms with Gasteiger partial charge in [-0.05, 0) is 81.9 Å². The number of fused-ring (bicyclic) bond motifs is 1. The number of alkyl halides is 4. The van der Waals surface area contributed by atoms with E-state index in [0.717, 1.165) is 43.3 Å². The van der Waals surface area contributed by atoms with Crippen LogP contribution in [-0.4, -0.2) is 95.5 Å². The molecule has 58 heavy (non-hydrogen) atoms. The van der Waals surface area contributed by atoms with E-state index in [1.807, 2.05) is 29.8 Å². The van der Waals surface area contributed by atoms with Gasteiger partial charge < -0.3 is 25.4 Å². The predicted octanol–water partition coefficient (Wildman–Crippen LogP) is 5.19. The molecule has 13 nitrogen and oxygen atoms in total. The molecule has 3 fully saturated rings. The van der Waals surface area contributed by atoms with E-state index in [2.05, 4.69) is 23.3 Å². The Kier molecular flexibility index (Phi) is 12.8. The molecule has 0 spiro atoms. The minimum Gasteiger partial charge on any atom is -0.472 e. The number of benzene rings is 1. The lowest BCUT2D eigenvalue weighted by Crippen LogP contribution is -2.58. The van der Waals surface area contributed by atoms with Crippen molar-refractivity contribution in [2.75, 3.05) is 13.2 Å². The minimum atomic E-state index is -4.82. The number of aryl methyl sites for hydroxylation is 2. The van der Waals surface area contributed by atoms with Crippen molar-refractivity contribution in [3.63, 3.8) is 0 Å². The van der Waals surface area contributed by atoms with Crippen molar-refractivity contribution in [3.05, 3.63) is 47.7 Å². The van der Waals surface area contributed by atoms with Crippen LogP contribution in [0.3, 0.4) is 0 Å². The molecule has 2 aliphatic carbocycles. The normalized spacial score (nSPS) is 23.9. The van der Waals surface area contributed by atoms with Gasteiger partial charge in [0.15, 0.2) is 0 Å². The summed E-state index contributed by atoms with van der Waals surface area (Å²) in [5.74, 6) is -3.62. The number of carbonyl (C=O) groups excluding carboxylic acids is 3. The number of pyridine rings is 1. The first-order valence-electron chi connectivity index (χ1n) is 19.6. The minimum absolute atomic E-state index is 0.0230. The predicted molar refractivity (Wildman–Crippen MR) is 210 cm³/mol. The molecule has 2 saturated carbocycles. The van der Waals surface area contributed by atoms with Crippen LogP contribution in [0.5, 0.6) is 5.88 Å². The van der Waals surface area contributed by atoms with E-state index < -0.39 is 92.5 Å². The summed E-state index contributed by atoms with van der Waals surface area (Å²) >= 11 is 0. The van der Waals surface area contributed by atoms with E-state index in [0.29, 0.717) is 11.8 Å². The molecule has 320 valence electrons. The van der Waals surface area contributed by atoms with Crippen molar-refractivity contribution >= 4 is 44.5 Å². The number of ether oxygens (including phenoxy) is 2. The average Bonchev–Trinajstić information content (AvgIpc) is 4.04. The number of amides is 3. The molecule has 3 amide bonds. The van der Waals surface area contributed by atoms with Crippen molar-refractivity contribution in [2.45, 2.75) is 134 Å². The maximum absolute atomic E-state index is 14.5. The summed E-state index contributed by atoms with van der Waals surface area (Å²) < 4.78 is 92.6. The molecule has 1 aliphatic heterocycles. The van der Waals surface area contributed by atoms with Crippen LogP contribution in [0.25, 0.3) is 10.8 Å². The molecule has 5 atom stereocenters. The second-order valence-corrected chi connectivity index (χ2v) is 18.5. The summed E-state index contributed by atoms with van der Waals surface area (Å²) in [5, 5.41) is 4.31. The molecule has 18 heteroatoms. The van der Waals surface area contributed by atoms with Gasteiger partial charge in [-0.15, -0.1) is 0 Å². The Bertz CT molecular complexity index is 2070. The van der Waals surface area contributed by atoms with Crippen LogP contribution < -0.4 is 20.5 Å².